The summed E-state index contributed by atoms with van der Waals surface area (Å²) in [7, 11) is 0. The molecule has 0 aliphatic carbocycles. The standard InChI is InChI=1S/C58H60B2N4/c1-55(2,3)37-23-29-49-45(31-37)47-33-39(57(7,8)9)35-51-53(47)63(49)59(61(51)43-19-15-13-16-20-43)41-25-27-42(28-26-41)60-62(44-21-17-14-18-22-44)52-36-40(58(10,11)12)34-48-46-32-38(56(4,5)6)24-30-50(46)64(60)54(48)52/h13-36H,1-12H3. The molecule has 318 valence electrons. The number of fused-ring (bicyclic) bond motifs is 6. The van der Waals surface area contributed by atoms with Crippen LogP contribution in [0.15, 0.2) is 146 Å². The quantitative estimate of drug-likeness (QED) is 0.164. The Morgan fingerprint density at radius 1 is 0.328 bits per heavy atom. The van der Waals surface area contributed by atoms with Gasteiger partial charge in [0.1, 0.15) is 0 Å². The van der Waals surface area contributed by atoms with Gasteiger partial charge in [0.2, 0.25) is 0 Å². The molecule has 0 saturated heterocycles. The average Bonchev–Trinajstić information content (AvgIpc) is 3.98. The summed E-state index contributed by atoms with van der Waals surface area (Å²) in [6.45, 7) is 27.8. The lowest BCUT2D eigenvalue weighted by Gasteiger charge is -2.30. The molecule has 4 nitrogen and oxygen atoms in total. The summed E-state index contributed by atoms with van der Waals surface area (Å²) < 4.78 is 5.26. The minimum atomic E-state index is -0.0857. The van der Waals surface area contributed by atoms with Crippen molar-refractivity contribution in [1.29, 1.82) is 0 Å². The Kier molecular flexibility index (Phi) is 8.69. The van der Waals surface area contributed by atoms with Crippen LogP contribution in [0.2, 0.25) is 0 Å². The third kappa shape index (κ3) is 6.11. The molecule has 7 aromatic carbocycles. The van der Waals surface area contributed by atoms with Crippen molar-refractivity contribution < 1.29 is 0 Å². The van der Waals surface area contributed by atoms with Gasteiger partial charge in [-0.05, 0) is 128 Å². The van der Waals surface area contributed by atoms with Gasteiger partial charge in [0.25, 0.3) is 0 Å². The largest absolute Gasteiger partial charge is 0.420 e. The topological polar surface area (TPSA) is 16.3 Å². The highest BCUT2D eigenvalue weighted by atomic mass is 15.2. The smallest absolute Gasteiger partial charge is 0.360 e. The SMILES string of the molecule is CC(C)(C)c1ccc2c(c1)c1cc(C(C)(C)C)cc3c1n2B(c1ccc(B2N(c4ccccc4)c4cc(C(C)(C)C)cc5c6cc(C(C)(C)C)ccc6n2c45)cc1)N3c1ccccc1. The van der Waals surface area contributed by atoms with Crippen molar-refractivity contribution in [2.45, 2.75) is 105 Å². The van der Waals surface area contributed by atoms with Crippen LogP contribution in [0.25, 0.3) is 43.6 Å². The van der Waals surface area contributed by atoms with Crippen LogP contribution in [0.5, 0.6) is 0 Å². The monoisotopic (exact) mass is 835 g/mol. The first-order chi connectivity index (χ1) is 30.3. The molecule has 4 heterocycles. The summed E-state index contributed by atoms with van der Waals surface area (Å²) in [4.78, 5) is 5.18. The maximum atomic E-state index is 2.63. The minimum Gasteiger partial charge on any atom is -0.360 e. The van der Waals surface area contributed by atoms with Crippen molar-refractivity contribution in [3.05, 3.63) is 168 Å². The molecule has 0 saturated carbocycles. The van der Waals surface area contributed by atoms with Crippen molar-refractivity contribution >= 4 is 91.3 Å². The first-order valence-corrected chi connectivity index (χ1v) is 23.3. The van der Waals surface area contributed by atoms with Crippen molar-refractivity contribution in [3.8, 4) is 0 Å². The summed E-state index contributed by atoms with van der Waals surface area (Å²) in [5.74, 6) is 0. The molecule has 0 spiro atoms. The summed E-state index contributed by atoms with van der Waals surface area (Å²) in [6, 6.07) is 56.0. The second-order valence-electron chi connectivity index (χ2n) is 22.8. The van der Waals surface area contributed by atoms with Crippen LogP contribution in [-0.2, 0) is 21.7 Å². The zero-order valence-electron chi connectivity index (χ0n) is 39.8. The Balaban J connectivity index is 1.14. The fraction of sp³-hybridized carbons (Fsp3) is 0.276. The highest BCUT2D eigenvalue weighted by Crippen LogP contribution is 2.49. The lowest BCUT2D eigenvalue weighted by molar-refractivity contribution is 0.590. The van der Waals surface area contributed by atoms with Gasteiger partial charge in [-0.25, -0.2) is 0 Å². The molecule has 0 unspecified atom stereocenters. The highest BCUT2D eigenvalue weighted by molar-refractivity contribution is 6.82. The molecule has 2 aliphatic heterocycles. The fourth-order valence-electron chi connectivity index (χ4n) is 10.7. The van der Waals surface area contributed by atoms with Crippen LogP contribution < -0.4 is 20.5 Å². The lowest BCUT2D eigenvalue weighted by atomic mass is 9.62. The molecule has 0 atom stereocenters. The number of rotatable bonds is 4. The van der Waals surface area contributed by atoms with Gasteiger partial charge in [0, 0.05) is 44.0 Å². The van der Waals surface area contributed by atoms with E-state index in [1.807, 2.05) is 0 Å². The van der Waals surface area contributed by atoms with Gasteiger partial charge in [-0.3, -0.25) is 0 Å². The third-order valence-electron chi connectivity index (χ3n) is 14.3. The van der Waals surface area contributed by atoms with Crippen molar-refractivity contribution in [3.63, 3.8) is 0 Å². The van der Waals surface area contributed by atoms with E-state index >= 15 is 0 Å². The number of aromatic nitrogens is 2. The first-order valence-electron chi connectivity index (χ1n) is 23.3. The molecule has 2 aliphatic rings. The molecule has 0 radical (unpaired) electrons. The van der Waals surface area contributed by atoms with E-state index in [0.717, 1.165) is 0 Å². The van der Waals surface area contributed by atoms with Crippen molar-refractivity contribution in [2.75, 3.05) is 9.62 Å². The third-order valence-corrected chi connectivity index (χ3v) is 14.3. The second kappa shape index (κ2) is 13.7. The molecule has 0 N–H and O–H groups in total. The molecule has 2 aromatic heterocycles. The predicted molar refractivity (Wildman–Crippen MR) is 279 cm³/mol. The average molecular weight is 835 g/mol. The zero-order chi connectivity index (χ0) is 44.8. The van der Waals surface area contributed by atoms with E-state index in [-0.39, 0.29) is 35.6 Å². The number of hydrogen-bond donors (Lipinski definition) is 0. The Hall–Kier alpha value is -6.13. The van der Waals surface area contributed by atoms with Gasteiger partial charge in [-0.2, -0.15) is 0 Å². The Morgan fingerprint density at radius 2 is 0.656 bits per heavy atom. The van der Waals surface area contributed by atoms with Crippen LogP contribution >= 0.6 is 0 Å². The molecule has 64 heavy (non-hydrogen) atoms. The fourth-order valence-corrected chi connectivity index (χ4v) is 10.7. The minimum absolute atomic E-state index is 0.0255. The Labute approximate surface area is 380 Å². The molecule has 0 bridgehead atoms. The van der Waals surface area contributed by atoms with Crippen LogP contribution in [0.4, 0.5) is 22.7 Å². The van der Waals surface area contributed by atoms with Crippen LogP contribution in [0, 0.1) is 0 Å². The van der Waals surface area contributed by atoms with Gasteiger partial charge in [0.15, 0.2) is 0 Å². The van der Waals surface area contributed by atoms with Crippen LogP contribution in [-0.4, -0.2) is 22.9 Å². The lowest BCUT2D eigenvalue weighted by Crippen LogP contribution is -2.51. The van der Waals surface area contributed by atoms with Crippen LogP contribution in [0.3, 0.4) is 0 Å². The number of anilines is 4. The van der Waals surface area contributed by atoms with Gasteiger partial charge < -0.3 is 18.6 Å². The number of para-hydroxylation sites is 2. The van der Waals surface area contributed by atoms with Gasteiger partial charge in [0.05, 0.1) is 22.4 Å². The molecule has 11 rings (SSSR count). The summed E-state index contributed by atoms with van der Waals surface area (Å²) >= 11 is 0. The Bertz CT molecular complexity index is 3090. The molecule has 9 aromatic rings. The highest BCUT2D eigenvalue weighted by Gasteiger charge is 2.44. The van der Waals surface area contributed by atoms with E-state index in [1.54, 1.807) is 0 Å². The van der Waals surface area contributed by atoms with E-state index in [4.69, 9.17) is 0 Å². The van der Waals surface area contributed by atoms with Gasteiger partial charge in [-0.15, -0.1) is 0 Å². The second-order valence-corrected chi connectivity index (χ2v) is 22.8. The summed E-state index contributed by atoms with van der Waals surface area (Å²) in [5, 5.41) is 5.33. The van der Waals surface area contributed by atoms with E-state index in [2.05, 4.69) is 247 Å². The van der Waals surface area contributed by atoms with E-state index in [0.29, 0.717) is 0 Å². The normalized spacial score (nSPS) is 14.4. The molecule has 0 amide bonds. The molecule has 0 fully saturated rings. The first kappa shape index (κ1) is 40.6. The van der Waals surface area contributed by atoms with Gasteiger partial charge in [-0.1, -0.05) is 156 Å². The van der Waals surface area contributed by atoms with E-state index in [1.165, 1.54) is 99.5 Å². The number of hydrogen-bond acceptors (Lipinski definition) is 2. The van der Waals surface area contributed by atoms with Gasteiger partial charge >= 0.3 is 14.0 Å². The molecule has 6 heteroatoms. The van der Waals surface area contributed by atoms with E-state index < -0.39 is 0 Å². The van der Waals surface area contributed by atoms with E-state index in [9.17, 15) is 0 Å². The maximum Gasteiger partial charge on any atom is 0.420 e. The number of nitrogens with zero attached hydrogens (tertiary/aromatic N) is 4. The maximum absolute atomic E-state index is 2.63. The van der Waals surface area contributed by atoms with Crippen molar-refractivity contribution in [1.82, 2.24) is 8.96 Å². The molecular weight excluding hydrogens is 774 g/mol. The number of benzene rings is 7. The van der Waals surface area contributed by atoms with Crippen molar-refractivity contribution in [2.24, 2.45) is 0 Å². The Morgan fingerprint density at radius 3 is 0.984 bits per heavy atom. The van der Waals surface area contributed by atoms with Crippen LogP contribution in [0.1, 0.15) is 105 Å². The zero-order valence-corrected chi connectivity index (χ0v) is 39.8. The summed E-state index contributed by atoms with van der Waals surface area (Å²) in [5.41, 5.74) is 18.0. The molecular formula is C58H60B2N4. The summed E-state index contributed by atoms with van der Waals surface area (Å²) in [6.07, 6.45) is 0. The predicted octanol–water partition coefficient (Wildman–Crippen LogP) is 13.9.